The third kappa shape index (κ3) is 2.74. The molecule has 1 aromatic carbocycles. The van der Waals surface area contributed by atoms with Gasteiger partial charge in [0.05, 0.1) is 16.9 Å². The van der Waals surface area contributed by atoms with Crippen molar-refractivity contribution in [2.24, 2.45) is 0 Å². The van der Waals surface area contributed by atoms with Gasteiger partial charge in [0.25, 0.3) is 0 Å². The van der Waals surface area contributed by atoms with E-state index in [1.807, 2.05) is 31.2 Å². The number of carbonyl (C=O) groups is 1. The van der Waals surface area contributed by atoms with Crippen LogP contribution in [0.1, 0.15) is 6.92 Å². The summed E-state index contributed by atoms with van der Waals surface area (Å²) in [5.74, 6) is -0.979. The number of carboxylic acids is 1. The first kappa shape index (κ1) is 13.9. The van der Waals surface area contributed by atoms with Crippen LogP contribution in [0.5, 0.6) is 0 Å². The fourth-order valence-electron chi connectivity index (χ4n) is 1.73. The van der Waals surface area contributed by atoms with Crippen molar-refractivity contribution in [1.29, 1.82) is 0 Å². The molecule has 0 radical (unpaired) electrons. The standard InChI is InChI=1S/C11H13NO2S.Na/c1-2-12-7-10(11(13)14)15-9-6-4-3-5-8(9)12;/h3-6,10H,2,7H2,1H3,(H,13,14);/q;+1/p-1. The van der Waals surface area contributed by atoms with Crippen molar-refractivity contribution in [2.45, 2.75) is 17.1 Å². The fourth-order valence-corrected chi connectivity index (χ4v) is 2.86. The molecule has 0 amide bonds. The summed E-state index contributed by atoms with van der Waals surface area (Å²) in [7, 11) is 0. The number of carbonyl (C=O) groups excluding carboxylic acids is 1. The van der Waals surface area contributed by atoms with Gasteiger partial charge in [0.1, 0.15) is 0 Å². The molecular weight excluding hydrogens is 233 g/mol. The van der Waals surface area contributed by atoms with Gasteiger partial charge < -0.3 is 14.8 Å². The summed E-state index contributed by atoms with van der Waals surface area (Å²) >= 11 is 1.38. The van der Waals surface area contributed by atoms with Crippen LogP contribution in [-0.2, 0) is 4.79 Å². The minimum Gasteiger partial charge on any atom is -0.549 e. The second-order valence-electron chi connectivity index (χ2n) is 3.43. The third-order valence-corrected chi connectivity index (χ3v) is 3.73. The van der Waals surface area contributed by atoms with Crippen LogP contribution in [0, 0.1) is 0 Å². The summed E-state index contributed by atoms with van der Waals surface area (Å²) in [4.78, 5) is 14.0. The van der Waals surface area contributed by atoms with Gasteiger partial charge in [-0.05, 0) is 19.1 Å². The van der Waals surface area contributed by atoms with Crippen molar-refractivity contribution in [3.63, 3.8) is 0 Å². The fraction of sp³-hybridized carbons (Fsp3) is 0.364. The predicted octanol–water partition coefficient (Wildman–Crippen LogP) is -2.26. The zero-order valence-corrected chi connectivity index (χ0v) is 12.3. The second-order valence-corrected chi connectivity index (χ2v) is 4.68. The van der Waals surface area contributed by atoms with Crippen LogP contribution >= 0.6 is 11.8 Å². The second kappa shape index (κ2) is 5.96. The van der Waals surface area contributed by atoms with Crippen LogP contribution in [0.25, 0.3) is 0 Å². The number of thioether (sulfide) groups is 1. The number of para-hydroxylation sites is 1. The largest absolute Gasteiger partial charge is 1.00 e. The Hall–Kier alpha value is -0.160. The van der Waals surface area contributed by atoms with Crippen LogP contribution in [0.15, 0.2) is 29.2 Å². The summed E-state index contributed by atoms with van der Waals surface area (Å²) in [6, 6.07) is 7.88. The summed E-state index contributed by atoms with van der Waals surface area (Å²) in [5, 5.41) is 10.4. The number of rotatable bonds is 2. The molecule has 16 heavy (non-hydrogen) atoms. The molecule has 0 saturated heterocycles. The summed E-state index contributed by atoms with van der Waals surface area (Å²) < 4.78 is 0. The average Bonchev–Trinajstić information content (AvgIpc) is 2.27. The van der Waals surface area contributed by atoms with Gasteiger partial charge in [0, 0.05) is 18.0 Å². The number of hydrogen-bond acceptors (Lipinski definition) is 4. The Morgan fingerprint density at radius 3 is 2.88 bits per heavy atom. The Morgan fingerprint density at radius 1 is 1.56 bits per heavy atom. The Labute approximate surface area is 122 Å². The quantitative estimate of drug-likeness (QED) is 0.552. The maximum absolute atomic E-state index is 10.9. The van der Waals surface area contributed by atoms with E-state index in [9.17, 15) is 9.90 Å². The van der Waals surface area contributed by atoms with Crippen LogP contribution in [0.3, 0.4) is 0 Å². The molecule has 0 saturated carbocycles. The maximum atomic E-state index is 10.9. The number of aliphatic carboxylic acids is 1. The maximum Gasteiger partial charge on any atom is 1.00 e. The van der Waals surface area contributed by atoms with Crippen molar-refractivity contribution < 1.29 is 39.5 Å². The first-order valence-electron chi connectivity index (χ1n) is 4.94. The van der Waals surface area contributed by atoms with E-state index >= 15 is 0 Å². The number of benzene rings is 1. The van der Waals surface area contributed by atoms with Crippen molar-refractivity contribution in [3.8, 4) is 0 Å². The van der Waals surface area contributed by atoms with E-state index in [4.69, 9.17) is 0 Å². The molecule has 1 aliphatic rings. The van der Waals surface area contributed by atoms with E-state index in [1.54, 1.807) is 0 Å². The number of hydrogen-bond donors (Lipinski definition) is 0. The average molecular weight is 245 g/mol. The molecule has 0 aliphatic carbocycles. The zero-order valence-electron chi connectivity index (χ0n) is 9.47. The first-order valence-corrected chi connectivity index (χ1v) is 5.82. The molecule has 0 bridgehead atoms. The molecule has 5 heteroatoms. The number of anilines is 1. The van der Waals surface area contributed by atoms with Gasteiger partial charge in [-0.2, -0.15) is 0 Å². The molecule has 1 atom stereocenters. The third-order valence-electron chi connectivity index (χ3n) is 2.51. The molecule has 1 unspecified atom stereocenters. The van der Waals surface area contributed by atoms with Crippen LogP contribution in [0.4, 0.5) is 5.69 Å². The van der Waals surface area contributed by atoms with Gasteiger partial charge in [-0.3, -0.25) is 0 Å². The van der Waals surface area contributed by atoms with Crippen molar-refractivity contribution in [2.75, 3.05) is 18.0 Å². The number of nitrogens with zero attached hydrogens (tertiary/aromatic N) is 1. The van der Waals surface area contributed by atoms with Gasteiger partial charge in [-0.15, -0.1) is 11.8 Å². The Balaban J connectivity index is 0.00000128. The van der Waals surface area contributed by atoms with E-state index in [0.717, 1.165) is 17.1 Å². The number of fused-ring (bicyclic) bond motifs is 1. The van der Waals surface area contributed by atoms with Gasteiger partial charge >= 0.3 is 29.6 Å². The topological polar surface area (TPSA) is 43.4 Å². The molecular formula is C11H12NNaO2S. The van der Waals surface area contributed by atoms with Crippen LogP contribution in [0.2, 0.25) is 0 Å². The molecule has 3 nitrogen and oxygen atoms in total. The van der Waals surface area contributed by atoms with Crippen molar-refractivity contribution >= 4 is 23.4 Å². The van der Waals surface area contributed by atoms with Crippen molar-refractivity contribution in [1.82, 2.24) is 0 Å². The Morgan fingerprint density at radius 2 is 2.25 bits per heavy atom. The van der Waals surface area contributed by atoms with Gasteiger partial charge in [0.2, 0.25) is 0 Å². The normalized spacial score (nSPS) is 18.6. The van der Waals surface area contributed by atoms with E-state index in [-0.39, 0.29) is 29.6 Å². The minimum atomic E-state index is -0.979. The predicted molar refractivity (Wildman–Crippen MR) is 59.0 cm³/mol. The molecule has 0 aromatic heterocycles. The van der Waals surface area contributed by atoms with Gasteiger partial charge in [0.15, 0.2) is 0 Å². The minimum absolute atomic E-state index is 0. The zero-order chi connectivity index (χ0) is 10.8. The summed E-state index contributed by atoms with van der Waals surface area (Å²) in [6.07, 6.45) is 0. The smallest absolute Gasteiger partial charge is 0.549 e. The molecule has 80 valence electrons. The molecule has 1 aromatic rings. The molecule has 0 N–H and O–H groups in total. The van der Waals surface area contributed by atoms with E-state index < -0.39 is 11.2 Å². The van der Waals surface area contributed by atoms with Crippen LogP contribution < -0.4 is 39.6 Å². The van der Waals surface area contributed by atoms with E-state index in [2.05, 4.69) is 4.90 Å². The molecule has 2 rings (SSSR count). The molecule has 0 fully saturated rings. The van der Waals surface area contributed by atoms with Crippen molar-refractivity contribution in [3.05, 3.63) is 24.3 Å². The summed E-state index contributed by atoms with van der Waals surface area (Å²) in [6.45, 7) is 3.38. The summed E-state index contributed by atoms with van der Waals surface area (Å²) in [5.41, 5.74) is 1.13. The van der Waals surface area contributed by atoms with Gasteiger partial charge in [-0.25, -0.2) is 0 Å². The van der Waals surface area contributed by atoms with Crippen LogP contribution in [-0.4, -0.2) is 24.3 Å². The Kier molecular flexibility index (Phi) is 5.18. The number of carboxylic acid groups (broad SMARTS) is 1. The van der Waals surface area contributed by atoms with E-state index in [1.165, 1.54) is 11.8 Å². The molecule has 0 spiro atoms. The SMILES string of the molecule is CCN1CC(C(=O)[O-])Sc2ccccc21.[Na+]. The van der Waals surface area contributed by atoms with Gasteiger partial charge in [-0.1, -0.05) is 12.1 Å². The Bertz CT molecular complexity index is 386. The van der Waals surface area contributed by atoms with E-state index in [0.29, 0.717) is 6.54 Å². The molecule has 1 heterocycles. The molecule has 1 aliphatic heterocycles. The first-order chi connectivity index (χ1) is 7.22. The monoisotopic (exact) mass is 245 g/mol.